The van der Waals surface area contributed by atoms with Gasteiger partial charge in [0.05, 0.1) is 12.2 Å². The molecule has 1 aliphatic carbocycles. The number of hydrogen-bond acceptors (Lipinski definition) is 5. The van der Waals surface area contributed by atoms with Crippen LogP contribution in [0, 0.1) is 17.2 Å². The number of alkyl carbamates (subject to hydrolysis) is 1. The van der Waals surface area contributed by atoms with E-state index in [0.717, 1.165) is 22.3 Å². The first-order valence-electron chi connectivity index (χ1n) is 11.8. The molecule has 0 spiro atoms. The van der Waals surface area contributed by atoms with Gasteiger partial charge in [-0.1, -0.05) is 68.8 Å². The van der Waals surface area contributed by atoms with Gasteiger partial charge < -0.3 is 19.7 Å². The Morgan fingerprint density at radius 3 is 2.32 bits per heavy atom. The van der Waals surface area contributed by atoms with E-state index in [1.54, 1.807) is 7.11 Å². The topological polar surface area (TPSA) is 91.7 Å². The molecule has 0 bridgehead atoms. The molecule has 1 saturated heterocycles. The van der Waals surface area contributed by atoms with Crippen LogP contribution in [0.3, 0.4) is 0 Å². The third-order valence-electron chi connectivity index (χ3n) is 7.12. The van der Waals surface area contributed by atoms with Crippen molar-refractivity contribution in [1.82, 2.24) is 10.2 Å². The number of benzene rings is 2. The molecular weight excluding hydrogens is 430 g/mol. The Labute approximate surface area is 200 Å². The number of methoxy groups -OCH3 is 1. The Bertz CT molecular complexity index is 1050. The molecule has 4 rings (SSSR count). The molecule has 1 aliphatic heterocycles. The van der Waals surface area contributed by atoms with Crippen molar-refractivity contribution in [3.05, 3.63) is 59.7 Å². The number of likely N-dealkylation sites (tertiary alicyclic amines) is 1. The fourth-order valence-corrected chi connectivity index (χ4v) is 4.96. The van der Waals surface area contributed by atoms with Gasteiger partial charge in [-0.15, -0.1) is 0 Å². The van der Waals surface area contributed by atoms with Crippen LogP contribution in [0.5, 0.6) is 0 Å². The summed E-state index contributed by atoms with van der Waals surface area (Å²) >= 11 is 0. The largest absolute Gasteiger partial charge is 0.449 e. The number of hydrogen-bond donors (Lipinski definition) is 1. The van der Waals surface area contributed by atoms with Gasteiger partial charge in [0.25, 0.3) is 0 Å². The van der Waals surface area contributed by atoms with Gasteiger partial charge in [0.2, 0.25) is 5.91 Å². The average Bonchev–Trinajstić information content (AvgIpc) is 3.44. The number of carbonyl (C=O) groups is 2. The van der Waals surface area contributed by atoms with E-state index in [1.165, 1.54) is 4.90 Å². The molecule has 2 amide bonds. The smallest absolute Gasteiger partial charge is 0.407 e. The zero-order chi connectivity index (χ0) is 24.2. The molecule has 0 unspecified atom stereocenters. The molecule has 0 radical (unpaired) electrons. The fourth-order valence-electron chi connectivity index (χ4n) is 4.96. The Balaban J connectivity index is 1.45. The number of fused-ring (bicyclic) bond motifs is 3. The lowest BCUT2D eigenvalue weighted by Crippen LogP contribution is -2.53. The number of nitriles is 1. The highest BCUT2D eigenvalue weighted by atomic mass is 16.5. The lowest BCUT2D eigenvalue weighted by atomic mass is 9.97. The summed E-state index contributed by atoms with van der Waals surface area (Å²) in [5.41, 5.74) is 4.57. The van der Waals surface area contributed by atoms with E-state index < -0.39 is 18.2 Å². The molecule has 0 saturated carbocycles. The zero-order valence-corrected chi connectivity index (χ0v) is 19.9. The molecule has 34 heavy (non-hydrogen) atoms. The first kappa shape index (κ1) is 23.8. The van der Waals surface area contributed by atoms with Gasteiger partial charge in [0.15, 0.2) is 0 Å². The summed E-state index contributed by atoms with van der Waals surface area (Å²) in [5, 5.41) is 12.3. The standard InChI is InChI=1S/C27H31N3O4/c1-4-17(2)25(26(31)30-15-19(33-3)13-18(30)14-28)29-27(32)34-16-24-22-11-7-5-9-20(22)21-10-6-8-12-23(21)24/h5-12,17-19,24-25H,4,13,15-16H2,1-3H3,(H,29,32)/t17-,18-,19+,25-/m0/s1. The molecular formula is C27H31N3O4. The van der Waals surface area contributed by atoms with Crippen molar-refractivity contribution in [3.63, 3.8) is 0 Å². The summed E-state index contributed by atoms with van der Waals surface area (Å²) in [6.07, 6.45) is 0.354. The second kappa shape index (κ2) is 10.3. The normalized spacial score (nSPS) is 20.7. The van der Waals surface area contributed by atoms with Gasteiger partial charge in [0, 0.05) is 26.0 Å². The highest BCUT2D eigenvalue weighted by Crippen LogP contribution is 2.44. The Morgan fingerprint density at radius 1 is 1.15 bits per heavy atom. The quantitative estimate of drug-likeness (QED) is 0.671. The van der Waals surface area contributed by atoms with Crippen LogP contribution in [0.25, 0.3) is 11.1 Å². The maximum Gasteiger partial charge on any atom is 0.407 e. The van der Waals surface area contributed by atoms with Crippen LogP contribution in [0.1, 0.15) is 43.7 Å². The first-order chi connectivity index (χ1) is 16.5. The Kier molecular flexibility index (Phi) is 7.18. The summed E-state index contributed by atoms with van der Waals surface area (Å²) in [7, 11) is 1.58. The van der Waals surface area contributed by atoms with Gasteiger partial charge in [-0.05, 0) is 28.2 Å². The molecule has 1 fully saturated rings. The van der Waals surface area contributed by atoms with Crippen molar-refractivity contribution in [3.8, 4) is 17.2 Å². The van der Waals surface area contributed by atoms with Crippen LogP contribution >= 0.6 is 0 Å². The minimum Gasteiger partial charge on any atom is -0.449 e. The molecule has 4 atom stereocenters. The molecule has 178 valence electrons. The van der Waals surface area contributed by atoms with E-state index in [2.05, 4.69) is 35.7 Å². The minimum atomic E-state index is -0.771. The molecule has 1 N–H and O–H groups in total. The molecule has 2 aromatic carbocycles. The maximum atomic E-state index is 13.3. The van der Waals surface area contributed by atoms with Crippen LogP contribution in [-0.4, -0.2) is 55.3 Å². The number of ether oxygens (including phenoxy) is 2. The van der Waals surface area contributed by atoms with Crippen molar-refractivity contribution >= 4 is 12.0 Å². The summed E-state index contributed by atoms with van der Waals surface area (Å²) in [6, 6.07) is 17.1. The number of rotatable bonds is 7. The number of carbonyl (C=O) groups excluding carboxylic acids is 2. The summed E-state index contributed by atoms with van der Waals surface area (Å²) in [5.74, 6) is -0.442. The predicted octanol–water partition coefficient (Wildman–Crippen LogP) is 4.08. The van der Waals surface area contributed by atoms with Crippen LogP contribution in [0.4, 0.5) is 4.79 Å². The van der Waals surface area contributed by atoms with Gasteiger partial charge in [-0.25, -0.2) is 4.79 Å². The lowest BCUT2D eigenvalue weighted by molar-refractivity contribution is -0.135. The summed E-state index contributed by atoms with van der Waals surface area (Å²) in [4.78, 5) is 27.7. The van der Waals surface area contributed by atoms with E-state index in [9.17, 15) is 14.9 Å². The SMILES string of the molecule is CC[C@H](C)[C@H](NC(=O)OCC1c2ccccc2-c2ccccc21)C(=O)N1C[C@H](OC)C[C@H]1C#N. The number of amides is 2. The Morgan fingerprint density at radius 2 is 1.76 bits per heavy atom. The van der Waals surface area contributed by atoms with Gasteiger partial charge in [-0.3, -0.25) is 4.79 Å². The molecule has 7 heteroatoms. The molecule has 7 nitrogen and oxygen atoms in total. The van der Waals surface area contributed by atoms with Gasteiger partial charge in [-0.2, -0.15) is 5.26 Å². The second-order valence-corrected chi connectivity index (χ2v) is 9.06. The zero-order valence-electron chi connectivity index (χ0n) is 19.9. The average molecular weight is 462 g/mol. The fraction of sp³-hybridized carbons (Fsp3) is 0.444. The van der Waals surface area contributed by atoms with Crippen molar-refractivity contribution < 1.29 is 19.1 Å². The van der Waals surface area contributed by atoms with Gasteiger partial charge in [0.1, 0.15) is 18.7 Å². The van der Waals surface area contributed by atoms with Crippen molar-refractivity contribution in [2.24, 2.45) is 5.92 Å². The maximum absolute atomic E-state index is 13.3. The predicted molar refractivity (Wildman–Crippen MR) is 128 cm³/mol. The van der Waals surface area contributed by atoms with Crippen molar-refractivity contribution in [2.45, 2.75) is 50.8 Å². The summed E-state index contributed by atoms with van der Waals surface area (Å²) in [6.45, 7) is 4.40. The molecule has 1 heterocycles. The van der Waals surface area contributed by atoms with E-state index in [1.807, 2.05) is 38.1 Å². The van der Waals surface area contributed by atoms with Crippen LogP contribution < -0.4 is 5.32 Å². The first-order valence-corrected chi connectivity index (χ1v) is 11.8. The highest BCUT2D eigenvalue weighted by Gasteiger charge is 2.40. The molecule has 2 aliphatic rings. The van der Waals surface area contributed by atoms with E-state index in [-0.39, 0.29) is 30.5 Å². The second-order valence-electron chi connectivity index (χ2n) is 9.06. The van der Waals surface area contributed by atoms with E-state index >= 15 is 0 Å². The van der Waals surface area contributed by atoms with E-state index in [4.69, 9.17) is 9.47 Å². The summed E-state index contributed by atoms with van der Waals surface area (Å²) < 4.78 is 11.0. The van der Waals surface area contributed by atoms with Crippen molar-refractivity contribution in [2.75, 3.05) is 20.3 Å². The molecule has 2 aromatic rings. The highest BCUT2D eigenvalue weighted by molar-refractivity contribution is 5.87. The Hall–Kier alpha value is -3.37. The van der Waals surface area contributed by atoms with Gasteiger partial charge >= 0.3 is 6.09 Å². The van der Waals surface area contributed by atoms with Crippen LogP contribution in [0.2, 0.25) is 0 Å². The lowest BCUT2D eigenvalue weighted by Gasteiger charge is -2.29. The van der Waals surface area contributed by atoms with Crippen LogP contribution in [0.15, 0.2) is 48.5 Å². The molecule has 0 aromatic heterocycles. The van der Waals surface area contributed by atoms with Crippen LogP contribution in [-0.2, 0) is 14.3 Å². The minimum absolute atomic E-state index is 0.0556. The third kappa shape index (κ3) is 4.51. The van der Waals surface area contributed by atoms with E-state index in [0.29, 0.717) is 19.4 Å². The third-order valence-corrected chi connectivity index (χ3v) is 7.12. The monoisotopic (exact) mass is 461 g/mol. The van der Waals surface area contributed by atoms with Crippen molar-refractivity contribution in [1.29, 1.82) is 5.26 Å². The number of nitrogens with zero attached hydrogens (tertiary/aromatic N) is 2. The number of nitrogens with one attached hydrogen (secondary N) is 1.